The highest BCUT2D eigenvalue weighted by atomic mass is 79.9. The average molecular weight is 363 g/mol. The Hall–Kier alpha value is -1.25. The lowest BCUT2D eigenvalue weighted by molar-refractivity contribution is 0.463. The van der Waals surface area contributed by atoms with Crippen molar-refractivity contribution in [1.29, 1.82) is 0 Å². The van der Waals surface area contributed by atoms with Gasteiger partial charge in [-0.2, -0.15) is 0 Å². The monoisotopic (exact) mass is 362 g/mol. The van der Waals surface area contributed by atoms with Crippen LogP contribution in [0.25, 0.3) is 0 Å². The van der Waals surface area contributed by atoms with Crippen molar-refractivity contribution in [1.82, 2.24) is 9.71 Å². The first kappa shape index (κ1) is 15.1. The molecule has 1 N–H and O–H groups in total. The van der Waals surface area contributed by atoms with Crippen molar-refractivity contribution in [2.24, 2.45) is 0 Å². The minimum absolute atomic E-state index is 0.0427. The molecule has 1 aromatic carbocycles. The Morgan fingerprint density at radius 2 is 2.10 bits per heavy atom. The predicted molar refractivity (Wildman–Crippen MR) is 74.1 cm³/mol. The lowest BCUT2D eigenvalue weighted by Gasteiger charge is -2.07. The van der Waals surface area contributed by atoms with Gasteiger partial charge in [-0.3, -0.25) is 0 Å². The molecule has 20 heavy (non-hydrogen) atoms. The summed E-state index contributed by atoms with van der Waals surface area (Å²) in [7, 11) is -3.77. The fraction of sp³-hybridized carbons (Fsp3) is 0.250. The predicted octanol–water partition coefficient (Wildman–Crippen LogP) is 2.67. The third kappa shape index (κ3) is 3.25. The van der Waals surface area contributed by atoms with Crippen molar-refractivity contribution in [3.63, 3.8) is 0 Å². The first-order chi connectivity index (χ1) is 9.29. The highest BCUT2D eigenvalue weighted by molar-refractivity contribution is 9.10. The molecule has 0 radical (unpaired) electrons. The molecule has 0 saturated heterocycles. The quantitative estimate of drug-likeness (QED) is 0.907. The Bertz CT molecular complexity index is 724. The number of hydrogen-bond donors (Lipinski definition) is 1. The van der Waals surface area contributed by atoms with E-state index in [0.717, 1.165) is 12.1 Å². The third-order valence-electron chi connectivity index (χ3n) is 2.67. The highest BCUT2D eigenvalue weighted by Crippen LogP contribution is 2.22. The van der Waals surface area contributed by atoms with Crippen LogP contribution in [-0.4, -0.2) is 13.4 Å². The van der Waals surface area contributed by atoms with Gasteiger partial charge in [-0.05, 0) is 48.0 Å². The van der Waals surface area contributed by atoms with Gasteiger partial charge in [0.1, 0.15) is 11.6 Å². The Morgan fingerprint density at radius 3 is 2.65 bits per heavy atom. The Kier molecular flexibility index (Phi) is 4.26. The van der Waals surface area contributed by atoms with E-state index >= 15 is 0 Å². The molecule has 5 nitrogen and oxygen atoms in total. The van der Waals surface area contributed by atoms with Crippen LogP contribution in [0.4, 0.5) is 4.39 Å². The zero-order chi connectivity index (χ0) is 14.9. The molecular formula is C12H12BrFN2O3S. The van der Waals surface area contributed by atoms with Gasteiger partial charge in [0.25, 0.3) is 0 Å². The number of nitrogens with zero attached hydrogens (tertiary/aromatic N) is 1. The molecule has 0 fully saturated rings. The van der Waals surface area contributed by atoms with Crippen molar-refractivity contribution in [3.8, 4) is 0 Å². The average Bonchev–Trinajstić information content (AvgIpc) is 2.66. The molecule has 0 atom stereocenters. The van der Waals surface area contributed by atoms with Gasteiger partial charge in [-0.25, -0.2) is 22.5 Å². The lowest BCUT2D eigenvalue weighted by Crippen LogP contribution is -2.23. The molecular weight excluding hydrogens is 351 g/mol. The van der Waals surface area contributed by atoms with Crippen LogP contribution in [0.1, 0.15) is 17.3 Å². The molecule has 108 valence electrons. The molecule has 0 saturated carbocycles. The summed E-state index contributed by atoms with van der Waals surface area (Å²) in [6, 6.07) is 3.36. The largest absolute Gasteiger partial charge is 0.444 e. The van der Waals surface area contributed by atoms with Crippen LogP contribution >= 0.6 is 15.9 Å². The Labute approximate surface area is 124 Å². The van der Waals surface area contributed by atoms with Crippen molar-refractivity contribution < 1.29 is 17.2 Å². The molecule has 1 aromatic heterocycles. The van der Waals surface area contributed by atoms with Crippen LogP contribution in [0, 0.1) is 19.7 Å². The normalized spacial score (nSPS) is 11.8. The number of aromatic nitrogens is 1. The summed E-state index contributed by atoms with van der Waals surface area (Å²) >= 11 is 3.03. The maximum Gasteiger partial charge on any atom is 0.242 e. The van der Waals surface area contributed by atoms with Gasteiger partial charge < -0.3 is 4.42 Å². The number of nitrogens with one attached hydrogen (secondary N) is 1. The van der Waals surface area contributed by atoms with Crippen molar-refractivity contribution >= 4 is 26.0 Å². The van der Waals surface area contributed by atoms with Crippen LogP contribution in [0.3, 0.4) is 0 Å². The number of oxazole rings is 1. The Morgan fingerprint density at radius 1 is 1.40 bits per heavy atom. The minimum Gasteiger partial charge on any atom is -0.444 e. The molecule has 2 aromatic rings. The van der Waals surface area contributed by atoms with Crippen molar-refractivity contribution in [2.45, 2.75) is 25.3 Å². The first-order valence-electron chi connectivity index (χ1n) is 5.67. The van der Waals surface area contributed by atoms with Crippen LogP contribution in [0.5, 0.6) is 0 Å². The minimum atomic E-state index is -3.77. The number of aryl methyl sites for hydroxylation is 2. The third-order valence-corrected chi connectivity index (χ3v) is 5.05. The van der Waals surface area contributed by atoms with Crippen LogP contribution in [0.2, 0.25) is 0 Å². The van der Waals surface area contributed by atoms with E-state index < -0.39 is 15.8 Å². The molecule has 8 heteroatoms. The van der Waals surface area contributed by atoms with Gasteiger partial charge in [-0.1, -0.05) is 0 Å². The first-order valence-corrected chi connectivity index (χ1v) is 7.95. The maximum atomic E-state index is 13.0. The highest BCUT2D eigenvalue weighted by Gasteiger charge is 2.19. The summed E-state index contributed by atoms with van der Waals surface area (Å²) in [6.45, 7) is 3.45. The summed E-state index contributed by atoms with van der Waals surface area (Å²) in [5, 5.41) is 0. The van der Waals surface area contributed by atoms with Gasteiger partial charge in [0.2, 0.25) is 15.9 Å². The number of halogens is 2. The SMILES string of the molecule is Cc1nc(CNS(=O)(=O)c2ccc(F)cc2Br)oc1C. The van der Waals surface area contributed by atoms with Crippen LogP contribution in [-0.2, 0) is 16.6 Å². The van der Waals surface area contributed by atoms with Gasteiger partial charge in [0.15, 0.2) is 0 Å². The topological polar surface area (TPSA) is 72.2 Å². The smallest absolute Gasteiger partial charge is 0.242 e. The van der Waals surface area contributed by atoms with Crippen molar-refractivity contribution in [2.75, 3.05) is 0 Å². The molecule has 0 bridgehead atoms. The molecule has 0 spiro atoms. The van der Waals surface area contributed by atoms with Gasteiger partial charge in [0.05, 0.1) is 17.1 Å². The van der Waals surface area contributed by atoms with Crippen LogP contribution < -0.4 is 4.72 Å². The van der Waals surface area contributed by atoms with E-state index in [1.54, 1.807) is 13.8 Å². The Balaban J connectivity index is 2.19. The molecule has 2 rings (SSSR count). The molecule has 0 aliphatic heterocycles. The summed E-state index contributed by atoms with van der Waals surface area (Å²) in [4.78, 5) is 4.04. The fourth-order valence-corrected chi connectivity index (χ4v) is 3.56. The van der Waals surface area contributed by atoms with Gasteiger partial charge in [0, 0.05) is 4.47 Å². The maximum absolute atomic E-state index is 13.0. The van der Waals surface area contributed by atoms with Gasteiger partial charge in [-0.15, -0.1) is 0 Å². The number of benzene rings is 1. The van der Waals surface area contributed by atoms with Crippen molar-refractivity contribution in [3.05, 3.63) is 45.8 Å². The van der Waals surface area contributed by atoms with E-state index in [0.29, 0.717) is 11.5 Å². The van der Waals surface area contributed by atoms with E-state index in [4.69, 9.17) is 4.42 Å². The van der Waals surface area contributed by atoms with E-state index in [2.05, 4.69) is 25.6 Å². The number of hydrogen-bond acceptors (Lipinski definition) is 4. The summed E-state index contributed by atoms with van der Waals surface area (Å²) in [5.41, 5.74) is 0.710. The van der Waals surface area contributed by atoms with E-state index in [1.165, 1.54) is 6.07 Å². The number of sulfonamides is 1. The zero-order valence-corrected chi connectivity index (χ0v) is 13.2. The summed E-state index contributed by atoms with van der Waals surface area (Å²) < 4.78 is 45.0. The second kappa shape index (κ2) is 5.63. The second-order valence-electron chi connectivity index (χ2n) is 4.15. The standard InChI is InChI=1S/C12H12BrFN2O3S/c1-7-8(2)19-12(16-7)6-15-20(17,18)11-4-3-9(14)5-10(11)13/h3-5,15H,6H2,1-2H3. The van der Waals surface area contributed by atoms with E-state index in [1.807, 2.05) is 0 Å². The van der Waals surface area contributed by atoms with Crippen LogP contribution in [0.15, 0.2) is 32.0 Å². The van der Waals surface area contributed by atoms with Gasteiger partial charge >= 0.3 is 0 Å². The number of rotatable bonds is 4. The summed E-state index contributed by atoms with van der Waals surface area (Å²) in [6.07, 6.45) is 0. The molecule has 1 heterocycles. The van der Waals surface area contributed by atoms with E-state index in [-0.39, 0.29) is 21.8 Å². The van der Waals surface area contributed by atoms with E-state index in [9.17, 15) is 12.8 Å². The fourth-order valence-electron chi connectivity index (χ4n) is 1.54. The molecule has 0 unspecified atom stereocenters. The second-order valence-corrected chi connectivity index (χ2v) is 6.74. The zero-order valence-electron chi connectivity index (χ0n) is 10.8. The lowest BCUT2D eigenvalue weighted by atomic mass is 10.3. The molecule has 0 aliphatic rings. The summed E-state index contributed by atoms with van der Waals surface area (Å²) in [5.74, 6) is 0.402. The molecule has 0 aliphatic carbocycles. The molecule has 0 amide bonds.